The maximum Gasteiger partial charge on any atom is 0.193 e. The third kappa shape index (κ3) is 4.38. The van der Waals surface area contributed by atoms with Crippen LogP contribution < -0.4 is 0 Å². The summed E-state index contributed by atoms with van der Waals surface area (Å²) in [5, 5.41) is 21.7. The molecule has 11 aromatic carbocycles. The lowest BCUT2D eigenvalue weighted by Crippen LogP contribution is -2.28. The predicted molar refractivity (Wildman–Crippen MR) is 331 cm³/mol. The highest BCUT2D eigenvalue weighted by atomic mass is 14.9. The molecule has 8 aliphatic rings. The van der Waals surface area contributed by atoms with Gasteiger partial charge in [0.1, 0.15) is 0 Å². The lowest BCUT2D eigenvalue weighted by molar-refractivity contribution is 0.666. The Labute approximate surface area is 471 Å². The van der Waals surface area contributed by atoms with Gasteiger partial charge in [0.15, 0.2) is 5.69 Å². The molecule has 0 unspecified atom stereocenters. The number of nitriles is 1. The van der Waals surface area contributed by atoms with Gasteiger partial charge in [-0.25, -0.2) is 4.85 Å². The Hall–Kier alpha value is -10.0. The number of hydrogen-bond acceptors (Lipinski definition) is 1. The molecule has 0 radical (unpaired) electrons. The Morgan fingerprint density at radius 1 is 0.390 bits per heavy atom. The molecule has 0 saturated carbocycles. The van der Waals surface area contributed by atoms with Crippen LogP contribution in [0.5, 0.6) is 0 Å². The van der Waals surface area contributed by atoms with Crippen molar-refractivity contribution < 1.29 is 0 Å². The lowest BCUT2D eigenvalue weighted by Gasteiger charge is -2.43. The minimum absolute atomic E-state index is 0.0203. The van der Waals surface area contributed by atoms with Gasteiger partial charge in [0.2, 0.25) is 0 Å². The fourth-order valence-electron chi connectivity index (χ4n) is 19.1. The molecule has 0 N–H and O–H groups in total. The van der Waals surface area contributed by atoms with Crippen molar-refractivity contribution in [3.63, 3.8) is 0 Å². The van der Waals surface area contributed by atoms with E-state index in [1.807, 2.05) is 0 Å². The van der Waals surface area contributed by atoms with Crippen molar-refractivity contribution >= 4 is 81.9 Å². The van der Waals surface area contributed by atoms with E-state index in [0.29, 0.717) is 0 Å². The first-order chi connectivity index (χ1) is 40.2. The van der Waals surface area contributed by atoms with Crippen molar-refractivity contribution in [1.29, 1.82) is 5.26 Å². The molecule has 4 nitrogen and oxygen atoms in total. The van der Waals surface area contributed by atoms with Crippen LogP contribution in [0.1, 0.15) is 146 Å². The third-order valence-corrected chi connectivity index (χ3v) is 21.9. The monoisotopic (exact) mass is 1040 g/mol. The Balaban J connectivity index is 0.985. The molecule has 82 heavy (non-hydrogen) atoms. The van der Waals surface area contributed by atoms with E-state index in [0.717, 1.165) is 33.3 Å². The van der Waals surface area contributed by atoms with E-state index in [1.165, 1.54) is 165 Å². The standard InChI is InChI=1S/C78H46N4/c1-77(2)54-28-16-14-18-38(54)48-31-52-66-59(30-37(36-79)61-62-40-20-6-10-24-44(40)64(71(61)66)45-25-11-7-21-41(45)62)81-57-35-58-51(33-50(57)68(73(48)77)75(52)81)69-74-49(39-19-15-17-29-55(39)78(74,3)4)32-53-67-60(82(58)76(53)69)34-56(80-5)70-63-42-22-8-12-26-46(42)65(72(67)70)47-27-13-9-23-43(47)63/h6-35,62-65H,1-4H3. The summed E-state index contributed by atoms with van der Waals surface area (Å²) in [6.45, 7) is 18.9. The molecule has 378 valence electrons. The zero-order valence-electron chi connectivity index (χ0n) is 45.4. The summed E-state index contributed by atoms with van der Waals surface area (Å²) in [5.74, 6) is -0.122. The molecule has 0 saturated heterocycles. The lowest BCUT2D eigenvalue weighted by atomic mass is 9.59. The molecular formula is C78H46N4. The number of nitrogens with zero attached hydrogens (tertiary/aromatic N) is 4. The van der Waals surface area contributed by atoms with E-state index in [1.54, 1.807) is 0 Å². The average molecular weight is 1040 g/mol. The van der Waals surface area contributed by atoms with Gasteiger partial charge in [-0.05, 0) is 148 Å². The Morgan fingerprint density at radius 2 is 0.768 bits per heavy atom. The number of rotatable bonds is 0. The van der Waals surface area contributed by atoms with E-state index in [4.69, 9.17) is 6.57 Å². The zero-order chi connectivity index (χ0) is 53.9. The third-order valence-electron chi connectivity index (χ3n) is 21.9. The Bertz CT molecular complexity index is 5310. The Morgan fingerprint density at radius 3 is 1.20 bits per heavy atom. The summed E-state index contributed by atoms with van der Waals surface area (Å²) in [6, 6.07) is 72.0. The summed E-state index contributed by atoms with van der Waals surface area (Å²) in [6.07, 6.45) is 0. The van der Waals surface area contributed by atoms with Gasteiger partial charge < -0.3 is 8.80 Å². The van der Waals surface area contributed by atoms with Crippen LogP contribution in [0.4, 0.5) is 5.69 Å². The van der Waals surface area contributed by atoms with Crippen molar-refractivity contribution in [3.05, 3.63) is 288 Å². The summed E-state index contributed by atoms with van der Waals surface area (Å²) >= 11 is 0. The molecule has 4 heteroatoms. The smallest absolute Gasteiger partial charge is 0.193 e. The summed E-state index contributed by atoms with van der Waals surface area (Å²) in [4.78, 5) is 4.54. The van der Waals surface area contributed by atoms with E-state index in [9.17, 15) is 5.26 Å². The SMILES string of the molecule is [C-]#[N+]c1cc2c(c3c1C1c4ccccc4C3c3ccccc31)c1cc3c(c4c5cc6c7c8c(cc9c%10c%11c(c(C#N)cc%10n(c6cc5n2c14)c97)C1c2ccccc2C%11c2ccccc21)-c1ccccc1C8(C)C)C(C)(C)c1ccccc1-3. The zero-order valence-corrected chi connectivity index (χ0v) is 45.4. The van der Waals surface area contributed by atoms with Gasteiger partial charge in [0.25, 0.3) is 0 Å². The van der Waals surface area contributed by atoms with E-state index in [-0.39, 0.29) is 34.5 Å². The molecule has 4 aromatic heterocycles. The van der Waals surface area contributed by atoms with Crippen LogP contribution >= 0.6 is 0 Å². The highest BCUT2D eigenvalue weighted by Gasteiger charge is 2.48. The van der Waals surface area contributed by atoms with Crippen LogP contribution in [0.15, 0.2) is 182 Å². The van der Waals surface area contributed by atoms with Crippen molar-refractivity contribution in [2.24, 2.45) is 0 Å². The van der Waals surface area contributed by atoms with Crippen LogP contribution in [0.3, 0.4) is 0 Å². The van der Waals surface area contributed by atoms with Gasteiger partial charge in [0.05, 0.1) is 45.8 Å². The van der Waals surface area contributed by atoms with Crippen LogP contribution in [0.2, 0.25) is 0 Å². The van der Waals surface area contributed by atoms with Gasteiger partial charge in [-0.1, -0.05) is 173 Å². The first kappa shape index (κ1) is 42.9. The minimum atomic E-state index is -0.302. The van der Waals surface area contributed by atoms with Crippen LogP contribution in [0, 0.1) is 17.9 Å². The van der Waals surface area contributed by atoms with Crippen molar-refractivity contribution in [2.75, 3.05) is 0 Å². The molecule has 0 atom stereocenters. The maximum atomic E-state index is 11.6. The normalized spacial score (nSPS) is 19.1. The number of aromatic nitrogens is 2. The van der Waals surface area contributed by atoms with Crippen molar-refractivity contribution in [2.45, 2.75) is 62.2 Å². The minimum Gasteiger partial charge on any atom is -0.309 e. The van der Waals surface area contributed by atoms with E-state index < -0.39 is 0 Å². The molecule has 0 aliphatic heterocycles. The Kier molecular flexibility index (Phi) is 7.11. The van der Waals surface area contributed by atoms with Crippen LogP contribution in [-0.2, 0) is 10.8 Å². The van der Waals surface area contributed by atoms with Gasteiger partial charge in [-0.3, -0.25) is 0 Å². The van der Waals surface area contributed by atoms with E-state index >= 15 is 0 Å². The number of fused-ring (bicyclic) bond motifs is 20. The van der Waals surface area contributed by atoms with Gasteiger partial charge >= 0.3 is 0 Å². The predicted octanol–water partition coefficient (Wildman–Crippen LogP) is 19.0. The molecular weight excluding hydrogens is 993 g/mol. The molecule has 0 fully saturated rings. The quantitative estimate of drug-likeness (QED) is 0.139. The summed E-state index contributed by atoms with van der Waals surface area (Å²) in [5.41, 5.74) is 34.1. The second-order valence-electron chi connectivity index (χ2n) is 25.8. The topological polar surface area (TPSA) is 37.0 Å². The molecule has 15 aromatic rings. The van der Waals surface area contributed by atoms with Crippen molar-refractivity contribution in [3.8, 4) is 28.3 Å². The highest BCUT2D eigenvalue weighted by Crippen LogP contribution is 2.65. The molecule has 23 rings (SSSR count). The number of hydrogen-bond donors (Lipinski definition) is 0. The fourth-order valence-corrected chi connectivity index (χ4v) is 19.1. The first-order valence-electron chi connectivity index (χ1n) is 29.2. The molecule has 4 heterocycles. The fraction of sp³-hybridized carbons (Fsp3) is 0.128. The summed E-state index contributed by atoms with van der Waals surface area (Å²) < 4.78 is 5.18. The second-order valence-corrected chi connectivity index (χ2v) is 25.8. The van der Waals surface area contributed by atoms with Gasteiger partial charge in [-0.15, -0.1) is 0 Å². The molecule has 0 amide bonds. The molecule has 0 spiro atoms. The largest absolute Gasteiger partial charge is 0.309 e. The summed E-state index contributed by atoms with van der Waals surface area (Å²) in [7, 11) is 0. The second kappa shape index (κ2) is 13.6. The van der Waals surface area contributed by atoms with Crippen LogP contribution in [0.25, 0.3) is 103 Å². The average Bonchev–Trinajstić information content (AvgIpc) is 2.04. The van der Waals surface area contributed by atoms with E-state index in [2.05, 4.69) is 229 Å². The highest BCUT2D eigenvalue weighted by molar-refractivity contribution is 6.33. The van der Waals surface area contributed by atoms with Gasteiger partial charge in [-0.2, -0.15) is 5.26 Å². The molecule has 4 bridgehead atoms. The van der Waals surface area contributed by atoms with Crippen LogP contribution in [-0.4, -0.2) is 8.80 Å². The first-order valence-corrected chi connectivity index (χ1v) is 29.2. The van der Waals surface area contributed by atoms with Crippen molar-refractivity contribution in [1.82, 2.24) is 8.80 Å². The molecule has 8 aliphatic carbocycles. The maximum absolute atomic E-state index is 11.6. The van der Waals surface area contributed by atoms with Gasteiger partial charge in [0, 0.05) is 83.1 Å². The number of benzene rings is 11.